The van der Waals surface area contributed by atoms with Crippen LogP contribution in [0.25, 0.3) is 11.3 Å². The predicted octanol–water partition coefficient (Wildman–Crippen LogP) is 3.12. The van der Waals surface area contributed by atoms with Gasteiger partial charge in [-0.25, -0.2) is 4.79 Å². The number of amides is 2. The van der Waals surface area contributed by atoms with Gasteiger partial charge in [-0.2, -0.15) is 10.1 Å². The first-order chi connectivity index (χ1) is 15.1. The fourth-order valence-electron chi connectivity index (χ4n) is 5.64. The Balaban J connectivity index is 1.20. The second-order valence-corrected chi connectivity index (χ2v) is 8.66. The zero-order valence-corrected chi connectivity index (χ0v) is 16.8. The van der Waals surface area contributed by atoms with Crippen molar-refractivity contribution < 1.29 is 23.5 Å². The van der Waals surface area contributed by atoms with Crippen LogP contribution in [0.15, 0.2) is 58.1 Å². The van der Waals surface area contributed by atoms with Crippen LogP contribution in [0.3, 0.4) is 0 Å². The maximum Gasteiger partial charge on any atom is 0.337 e. The van der Waals surface area contributed by atoms with Gasteiger partial charge in [0.15, 0.2) is 0 Å². The van der Waals surface area contributed by atoms with Gasteiger partial charge in [0.1, 0.15) is 11.5 Å². The molecule has 0 spiro atoms. The molecule has 2 amide bonds. The highest BCUT2D eigenvalue weighted by Gasteiger charge is 2.67. The van der Waals surface area contributed by atoms with Crippen LogP contribution in [-0.4, -0.2) is 36.1 Å². The van der Waals surface area contributed by atoms with Crippen LogP contribution < -0.4 is 0 Å². The number of hydrazone groups is 1. The number of carbonyl (C=O) groups excluding carboxylic acids is 3. The fourth-order valence-corrected chi connectivity index (χ4v) is 5.64. The van der Waals surface area contributed by atoms with Crippen molar-refractivity contribution in [3.05, 3.63) is 59.9 Å². The molecule has 0 radical (unpaired) electrons. The van der Waals surface area contributed by atoms with Crippen LogP contribution in [0.1, 0.15) is 22.5 Å². The molecule has 0 N–H and O–H groups in total. The molecule has 31 heavy (non-hydrogen) atoms. The lowest BCUT2D eigenvalue weighted by Crippen LogP contribution is -2.40. The minimum Gasteiger partial charge on any atom is -0.465 e. The third kappa shape index (κ3) is 2.65. The van der Waals surface area contributed by atoms with Crippen molar-refractivity contribution in [3.8, 4) is 11.3 Å². The molecule has 2 saturated carbocycles. The lowest BCUT2D eigenvalue weighted by Gasteiger charge is -2.37. The highest BCUT2D eigenvalue weighted by atomic mass is 16.5. The maximum absolute atomic E-state index is 13.0. The number of carbonyl (C=O) groups is 3. The van der Waals surface area contributed by atoms with Crippen LogP contribution in [0.2, 0.25) is 0 Å². The molecule has 156 valence electrons. The summed E-state index contributed by atoms with van der Waals surface area (Å²) in [4.78, 5) is 37.5. The molecule has 0 unspecified atom stereocenters. The number of hydrogen-bond donors (Lipinski definition) is 0. The number of methoxy groups -OCH3 is 1. The van der Waals surface area contributed by atoms with Gasteiger partial charge < -0.3 is 9.15 Å². The molecule has 1 saturated heterocycles. The Kier molecular flexibility index (Phi) is 3.84. The van der Waals surface area contributed by atoms with E-state index in [1.807, 2.05) is 0 Å². The second kappa shape index (κ2) is 6.51. The third-order valence-electron chi connectivity index (χ3n) is 7.16. The van der Waals surface area contributed by atoms with E-state index in [2.05, 4.69) is 17.3 Å². The third-order valence-corrected chi connectivity index (χ3v) is 7.16. The first-order valence-electron chi connectivity index (χ1n) is 10.5. The Morgan fingerprint density at radius 3 is 2.29 bits per heavy atom. The molecule has 7 heteroatoms. The van der Waals surface area contributed by atoms with Crippen molar-refractivity contribution in [2.24, 2.45) is 40.6 Å². The van der Waals surface area contributed by atoms with Gasteiger partial charge in [-0.3, -0.25) is 9.59 Å². The van der Waals surface area contributed by atoms with E-state index in [0.29, 0.717) is 28.9 Å². The minimum atomic E-state index is -0.403. The number of rotatable bonds is 4. The van der Waals surface area contributed by atoms with Crippen LogP contribution in [0.4, 0.5) is 0 Å². The number of benzene rings is 1. The average molecular weight is 416 g/mol. The lowest BCUT2D eigenvalue weighted by atomic mass is 9.63. The molecule has 7 rings (SSSR count). The van der Waals surface area contributed by atoms with Gasteiger partial charge in [0.25, 0.3) is 11.8 Å². The topological polar surface area (TPSA) is 89.2 Å². The van der Waals surface area contributed by atoms with Gasteiger partial charge in [0.05, 0.1) is 30.7 Å². The normalized spacial score (nSPS) is 32.5. The molecular weight excluding hydrogens is 396 g/mol. The van der Waals surface area contributed by atoms with Gasteiger partial charge in [0, 0.05) is 5.56 Å². The summed E-state index contributed by atoms with van der Waals surface area (Å²) in [7, 11) is 1.34. The highest BCUT2D eigenvalue weighted by molar-refractivity contribution is 6.06. The molecule has 5 aliphatic rings. The summed E-state index contributed by atoms with van der Waals surface area (Å²) < 4.78 is 10.5. The van der Waals surface area contributed by atoms with Crippen LogP contribution in [-0.2, 0) is 14.3 Å². The highest BCUT2D eigenvalue weighted by Crippen LogP contribution is 2.65. The Labute approximate surface area is 178 Å². The summed E-state index contributed by atoms with van der Waals surface area (Å²) in [5.74, 6) is 1.21. The van der Waals surface area contributed by atoms with E-state index >= 15 is 0 Å². The van der Waals surface area contributed by atoms with Gasteiger partial charge in [-0.15, -0.1) is 0 Å². The summed E-state index contributed by atoms with van der Waals surface area (Å²) in [6, 6.07) is 10.4. The van der Waals surface area contributed by atoms with Crippen molar-refractivity contribution in [3.63, 3.8) is 0 Å². The van der Waals surface area contributed by atoms with Crippen LogP contribution in [0.5, 0.6) is 0 Å². The lowest BCUT2D eigenvalue weighted by molar-refractivity contribution is -0.140. The number of imide groups is 1. The Hall–Kier alpha value is -3.48. The largest absolute Gasteiger partial charge is 0.465 e. The Morgan fingerprint density at radius 1 is 1.03 bits per heavy atom. The van der Waals surface area contributed by atoms with E-state index in [0.717, 1.165) is 17.0 Å². The number of hydrogen-bond acceptors (Lipinski definition) is 6. The number of nitrogens with zero attached hydrogens (tertiary/aromatic N) is 2. The zero-order chi connectivity index (χ0) is 21.3. The maximum atomic E-state index is 13.0. The molecule has 2 heterocycles. The Bertz CT molecular complexity index is 1120. The van der Waals surface area contributed by atoms with E-state index in [4.69, 9.17) is 9.15 Å². The molecule has 1 aromatic heterocycles. The van der Waals surface area contributed by atoms with E-state index in [1.165, 1.54) is 13.3 Å². The molecule has 6 atom stereocenters. The van der Waals surface area contributed by atoms with E-state index in [-0.39, 0.29) is 35.5 Å². The number of furan rings is 1. The Morgan fingerprint density at radius 2 is 1.68 bits per heavy atom. The number of ether oxygens (including phenoxy) is 1. The average Bonchev–Trinajstić information content (AvgIpc) is 3.44. The van der Waals surface area contributed by atoms with Crippen molar-refractivity contribution in [1.82, 2.24) is 5.01 Å². The fraction of sp³-hybridized carbons (Fsp3) is 0.333. The first-order valence-corrected chi connectivity index (χ1v) is 10.5. The molecule has 1 aliphatic heterocycles. The molecule has 7 nitrogen and oxygen atoms in total. The van der Waals surface area contributed by atoms with Crippen LogP contribution in [0, 0.1) is 35.5 Å². The summed E-state index contributed by atoms with van der Waals surface area (Å²) in [6.07, 6.45) is 6.83. The summed E-state index contributed by atoms with van der Waals surface area (Å²) in [5.41, 5.74) is 1.24. The molecule has 1 aromatic carbocycles. The zero-order valence-electron chi connectivity index (χ0n) is 16.8. The predicted molar refractivity (Wildman–Crippen MR) is 110 cm³/mol. The van der Waals surface area contributed by atoms with Crippen molar-refractivity contribution >= 4 is 24.0 Å². The van der Waals surface area contributed by atoms with Crippen LogP contribution >= 0.6 is 0 Å². The van der Waals surface area contributed by atoms with E-state index < -0.39 is 5.97 Å². The number of esters is 1. The van der Waals surface area contributed by atoms with Gasteiger partial charge in [-0.05, 0) is 54.4 Å². The summed E-state index contributed by atoms with van der Waals surface area (Å²) >= 11 is 0. The first kappa shape index (κ1) is 18.3. The SMILES string of the molecule is COC(=O)c1ccc(-c2ccc(/C=N\N3C(=O)[C@@H]4[C@@H]5C=C[C@H]([C@@H]6C[C@H]56)[C@@H]4C3=O)o2)cc1. The number of allylic oxidation sites excluding steroid dienone is 2. The minimum absolute atomic E-state index is 0.180. The summed E-state index contributed by atoms with van der Waals surface area (Å²) in [6.45, 7) is 0. The van der Waals surface area contributed by atoms with Gasteiger partial charge in [-0.1, -0.05) is 24.3 Å². The molecule has 4 aliphatic carbocycles. The smallest absolute Gasteiger partial charge is 0.337 e. The van der Waals surface area contributed by atoms with E-state index in [9.17, 15) is 14.4 Å². The van der Waals surface area contributed by atoms with Crippen molar-refractivity contribution in [1.29, 1.82) is 0 Å². The second-order valence-electron chi connectivity index (χ2n) is 8.66. The van der Waals surface area contributed by atoms with Gasteiger partial charge in [0.2, 0.25) is 0 Å². The van der Waals surface area contributed by atoms with Crippen molar-refractivity contribution in [2.45, 2.75) is 6.42 Å². The quantitative estimate of drug-likeness (QED) is 0.331. The standard InChI is InChI=1S/C24H20N2O5/c1-30-24(29)13-4-2-12(3-5-13)19-9-6-14(31-19)11-25-26-22(27)20-15-7-8-16(18-10-17(15)18)21(20)23(26)28/h2-9,11,15-18,20-21H,10H2,1H3/b25-11-/t15-,16-,17-,18+,20-,21+/m1/s1. The van der Waals surface area contributed by atoms with Gasteiger partial charge >= 0.3 is 5.97 Å². The molecule has 2 bridgehead atoms. The summed E-state index contributed by atoms with van der Waals surface area (Å²) in [5, 5.41) is 5.24. The van der Waals surface area contributed by atoms with Crippen molar-refractivity contribution in [2.75, 3.05) is 7.11 Å². The molecule has 2 aromatic rings. The van der Waals surface area contributed by atoms with E-state index in [1.54, 1.807) is 36.4 Å². The molecule has 3 fully saturated rings. The monoisotopic (exact) mass is 416 g/mol. The molecular formula is C24H20N2O5.